The summed E-state index contributed by atoms with van der Waals surface area (Å²) in [4.78, 5) is 34.7. The van der Waals surface area contributed by atoms with Crippen molar-refractivity contribution in [2.75, 3.05) is 0 Å². The normalized spacial score (nSPS) is 30.3. The predicted octanol–water partition coefficient (Wildman–Crippen LogP) is -0.0957. The minimum absolute atomic E-state index is 0.273. The first-order valence-corrected chi connectivity index (χ1v) is 5.18. The summed E-state index contributed by atoms with van der Waals surface area (Å²) in [7, 11) is 0. The van der Waals surface area contributed by atoms with E-state index in [-0.39, 0.29) is 6.29 Å². The molecule has 1 N–H and O–H groups in total. The van der Waals surface area contributed by atoms with Crippen molar-refractivity contribution in [3.05, 3.63) is 33.1 Å². The number of H-pyrrole nitrogens is 1. The highest BCUT2D eigenvalue weighted by Crippen LogP contribution is 2.45. The molecule has 0 aromatic carbocycles. The van der Waals surface area contributed by atoms with Crippen molar-refractivity contribution < 1.29 is 18.3 Å². The van der Waals surface area contributed by atoms with Crippen molar-refractivity contribution >= 4 is 6.29 Å². The number of hydrogen-bond donors (Lipinski definition) is 1. The molecule has 0 aliphatic carbocycles. The maximum Gasteiger partial charge on any atom is 0.330 e. The van der Waals surface area contributed by atoms with Gasteiger partial charge >= 0.3 is 5.69 Å². The molecule has 2 rings (SSSR count). The van der Waals surface area contributed by atoms with Gasteiger partial charge in [0.25, 0.3) is 11.5 Å². The van der Waals surface area contributed by atoms with Crippen LogP contribution in [0.1, 0.15) is 13.2 Å². The largest absolute Gasteiger partial charge is 0.340 e. The first-order chi connectivity index (χ1) is 8.37. The van der Waals surface area contributed by atoms with Gasteiger partial charge in [-0.1, -0.05) is 6.92 Å². The number of nitrogens with one attached hydrogen (secondary N) is 1. The maximum atomic E-state index is 13.9. The highest BCUT2D eigenvalue weighted by Gasteiger charge is 2.57. The van der Waals surface area contributed by atoms with Crippen LogP contribution in [0.25, 0.3) is 0 Å². The van der Waals surface area contributed by atoms with Crippen LogP contribution in [0.3, 0.4) is 0 Å². The van der Waals surface area contributed by atoms with Crippen LogP contribution in [0.4, 0.5) is 8.78 Å². The number of rotatable bonds is 2. The molecule has 0 radical (unpaired) electrons. The third-order valence-electron chi connectivity index (χ3n) is 2.95. The Morgan fingerprint density at radius 2 is 2.17 bits per heavy atom. The van der Waals surface area contributed by atoms with Crippen LogP contribution < -0.4 is 11.2 Å². The highest BCUT2D eigenvalue weighted by atomic mass is 19.3. The van der Waals surface area contributed by atoms with E-state index in [1.54, 1.807) is 0 Å². The highest BCUT2D eigenvalue weighted by molar-refractivity contribution is 5.57. The molecule has 1 aliphatic rings. The number of aromatic amines is 1. The van der Waals surface area contributed by atoms with E-state index in [0.717, 1.165) is 19.2 Å². The summed E-state index contributed by atoms with van der Waals surface area (Å²) in [5.41, 5.74) is -1.71. The average molecular weight is 260 g/mol. The lowest BCUT2D eigenvalue weighted by atomic mass is 10.0. The van der Waals surface area contributed by atoms with Crippen molar-refractivity contribution in [2.24, 2.45) is 5.92 Å². The zero-order chi connectivity index (χ0) is 13.5. The molecule has 98 valence electrons. The van der Waals surface area contributed by atoms with Crippen molar-refractivity contribution in [3.8, 4) is 0 Å². The standard InChI is InChI=1S/C10H10F2N2O4/c1-5-6(4-15)18-8(10(5,11)12)14-3-2-7(16)13-9(14)17/h2-6,8H,1H3,(H,13,16,17)/t5-,6-,8-/m1/s1. The van der Waals surface area contributed by atoms with Gasteiger partial charge in [-0.15, -0.1) is 0 Å². The maximum absolute atomic E-state index is 13.9. The molecule has 1 aliphatic heterocycles. The molecule has 1 aromatic heterocycles. The quantitative estimate of drug-likeness (QED) is 0.753. The van der Waals surface area contributed by atoms with Gasteiger partial charge < -0.3 is 9.53 Å². The lowest BCUT2D eigenvalue weighted by molar-refractivity contribution is -0.131. The second kappa shape index (κ2) is 4.13. The van der Waals surface area contributed by atoms with Gasteiger partial charge in [-0.05, 0) is 0 Å². The SMILES string of the molecule is C[C@@H]1[C@@H](C=O)O[C@@H](n2ccc(=O)[nH]c2=O)C1(F)F. The summed E-state index contributed by atoms with van der Waals surface area (Å²) in [5, 5.41) is 0. The van der Waals surface area contributed by atoms with E-state index in [9.17, 15) is 23.2 Å². The number of aldehydes is 1. The third-order valence-corrected chi connectivity index (χ3v) is 2.95. The fourth-order valence-electron chi connectivity index (χ4n) is 1.81. The zero-order valence-electron chi connectivity index (χ0n) is 9.30. The second-order valence-corrected chi connectivity index (χ2v) is 4.07. The van der Waals surface area contributed by atoms with Gasteiger partial charge in [0.2, 0.25) is 6.23 Å². The lowest BCUT2D eigenvalue weighted by Crippen LogP contribution is -2.39. The number of ether oxygens (including phenoxy) is 1. The summed E-state index contributed by atoms with van der Waals surface area (Å²) in [6.07, 6.45) is -1.99. The molecular weight excluding hydrogens is 250 g/mol. The molecule has 8 heteroatoms. The Labute approximate surface area is 99.2 Å². The van der Waals surface area contributed by atoms with Crippen molar-refractivity contribution in [3.63, 3.8) is 0 Å². The van der Waals surface area contributed by atoms with Gasteiger partial charge in [0.05, 0.1) is 5.92 Å². The first kappa shape index (κ1) is 12.6. The fourth-order valence-corrected chi connectivity index (χ4v) is 1.81. The average Bonchev–Trinajstić information content (AvgIpc) is 2.52. The van der Waals surface area contributed by atoms with Crippen molar-refractivity contribution in [2.45, 2.75) is 25.2 Å². The van der Waals surface area contributed by atoms with Gasteiger partial charge in [-0.3, -0.25) is 14.3 Å². The Hall–Kier alpha value is -1.83. The summed E-state index contributed by atoms with van der Waals surface area (Å²) < 4.78 is 33.2. The molecule has 0 spiro atoms. The second-order valence-electron chi connectivity index (χ2n) is 4.07. The number of halogens is 2. The van der Waals surface area contributed by atoms with E-state index in [0.29, 0.717) is 4.57 Å². The summed E-state index contributed by atoms with van der Waals surface area (Å²) in [6, 6.07) is 0.930. The Morgan fingerprint density at radius 1 is 1.50 bits per heavy atom. The minimum Gasteiger partial charge on any atom is -0.340 e. The Kier molecular flexibility index (Phi) is 2.89. The smallest absolute Gasteiger partial charge is 0.330 e. The molecule has 1 aromatic rings. The number of carbonyl (C=O) groups excluding carboxylic acids is 1. The topological polar surface area (TPSA) is 81.2 Å². The molecule has 0 bridgehead atoms. The van der Waals surface area contributed by atoms with Crippen LogP contribution >= 0.6 is 0 Å². The summed E-state index contributed by atoms with van der Waals surface area (Å²) in [5.74, 6) is -4.73. The van der Waals surface area contributed by atoms with E-state index >= 15 is 0 Å². The third kappa shape index (κ3) is 1.78. The summed E-state index contributed by atoms with van der Waals surface area (Å²) in [6.45, 7) is 1.16. The number of hydrogen-bond acceptors (Lipinski definition) is 4. The Balaban J connectivity index is 2.48. The van der Waals surface area contributed by atoms with E-state index in [2.05, 4.69) is 0 Å². The van der Waals surface area contributed by atoms with E-state index in [4.69, 9.17) is 4.74 Å². The lowest BCUT2D eigenvalue weighted by Gasteiger charge is -2.21. The van der Waals surface area contributed by atoms with Crippen molar-refractivity contribution in [1.29, 1.82) is 0 Å². The molecule has 0 saturated carbocycles. The fraction of sp³-hybridized carbons (Fsp3) is 0.500. The Morgan fingerprint density at radius 3 is 2.67 bits per heavy atom. The van der Waals surface area contributed by atoms with Gasteiger partial charge in [0.1, 0.15) is 12.4 Å². The molecule has 18 heavy (non-hydrogen) atoms. The van der Waals surface area contributed by atoms with Crippen LogP contribution in [0, 0.1) is 5.92 Å². The zero-order valence-corrected chi connectivity index (χ0v) is 9.30. The minimum atomic E-state index is -3.38. The first-order valence-electron chi connectivity index (χ1n) is 5.18. The van der Waals surface area contributed by atoms with E-state index in [1.165, 1.54) is 0 Å². The van der Waals surface area contributed by atoms with Crippen LogP contribution in [0.2, 0.25) is 0 Å². The number of nitrogens with zero attached hydrogens (tertiary/aromatic N) is 1. The van der Waals surface area contributed by atoms with Crippen molar-refractivity contribution in [1.82, 2.24) is 9.55 Å². The van der Waals surface area contributed by atoms with Crippen LogP contribution in [-0.4, -0.2) is 27.9 Å². The molecule has 0 amide bonds. The number of carbonyl (C=O) groups is 1. The van der Waals surface area contributed by atoms with E-state index in [1.807, 2.05) is 4.98 Å². The van der Waals surface area contributed by atoms with Crippen LogP contribution in [0.5, 0.6) is 0 Å². The molecule has 3 atom stereocenters. The van der Waals surface area contributed by atoms with Crippen LogP contribution in [-0.2, 0) is 9.53 Å². The van der Waals surface area contributed by atoms with Gasteiger partial charge in [0, 0.05) is 12.3 Å². The van der Waals surface area contributed by atoms with E-state index < -0.39 is 35.4 Å². The molecule has 2 heterocycles. The Bertz CT molecular complexity index is 580. The predicted molar refractivity (Wildman–Crippen MR) is 55.4 cm³/mol. The molecular formula is C10H10F2N2O4. The van der Waals surface area contributed by atoms with Gasteiger partial charge in [-0.25, -0.2) is 13.6 Å². The molecule has 0 unspecified atom stereocenters. The molecule has 6 nitrogen and oxygen atoms in total. The molecule has 1 fully saturated rings. The number of aromatic nitrogens is 2. The number of alkyl halides is 2. The van der Waals surface area contributed by atoms with Gasteiger partial charge in [-0.2, -0.15) is 0 Å². The molecule has 1 saturated heterocycles. The summed E-state index contributed by atoms with van der Waals surface area (Å²) >= 11 is 0. The monoisotopic (exact) mass is 260 g/mol. The van der Waals surface area contributed by atoms with Crippen LogP contribution in [0.15, 0.2) is 21.9 Å². The van der Waals surface area contributed by atoms with Gasteiger partial charge in [0.15, 0.2) is 0 Å².